The lowest BCUT2D eigenvalue weighted by atomic mass is 10.2. The van der Waals surface area contributed by atoms with Gasteiger partial charge in [0.15, 0.2) is 17.4 Å². The van der Waals surface area contributed by atoms with Crippen molar-refractivity contribution < 1.29 is 27.4 Å². The molecule has 0 aromatic heterocycles. The van der Waals surface area contributed by atoms with E-state index in [9.17, 15) is 17.6 Å². The molecule has 2 aromatic rings. The van der Waals surface area contributed by atoms with Crippen LogP contribution in [0.5, 0.6) is 5.75 Å². The van der Waals surface area contributed by atoms with Crippen LogP contribution < -0.4 is 4.74 Å². The van der Waals surface area contributed by atoms with Gasteiger partial charge in [-0.05, 0) is 29.8 Å². The van der Waals surface area contributed by atoms with Crippen LogP contribution in [0.3, 0.4) is 0 Å². The van der Waals surface area contributed by atoms with Crippen LogP contribution in [-0.4, -0.2) is 5.11 Å². The number of hydrogen-bond acceptors (Lipinski definition) is 2. The number of halogens is 4. The minimum absolute atomic E-state index is 0.0319. The summed E-state index contributed by atoms with van der Waals surface area (Å²) in [5.74, 6) is -4.57. The van der Waals surface area contributed by atoms with Crippen LogP contribution in [0.2, 0.25) is 0 Å². The summed E-state index contributed by atoms with van der Waals surface area (Å²) < 4.78 is 58.5. The van der Waals surface area contributed by atoms with Crippen molar-refractivity contribution in [3.63, 3.8) is 0 Å². The van der Waals surface area contributed by atoms with Gasteiger partial charge in [0.05, 0.1) is 12.2 Å². The summed E-state index contributed by atoms with van der Waals surface area (Å²) in [7, 11) is 0. The van der Waals surface area contributed by atoms with Crippen molar-refractivity contribution in [2.24, 2.45) is 0 Å². The van der Waals surface area contributed by atoms with Gasteiger partial charge in [0, 0.05) is 0 Å². The fraction of sp³-hybridized carbons (Fsp3) is 0.143. The second kappa shape index (κ2) is 5.92. The molecule has 0 saturated heterocycles. The number of ether oxygens (including phenoxy) is 1. The van der Waals surface area contributed by atoms with E-state index in [1.165, 1.54) is 6.07 Å². The highest BCUT2D eigenvalue weighted by atomic mass is 19.1. The Morgan fingerprint density at radius 1 is 0.900 bits per heavy atom. The van der Waals surface area contributed by atoms with E-state index in [-0.39, 0.29) is 5.56 Å². The minimum atomic E-state index is -1.05. The van der Waals surface area contributed by atoms with E-state index in [2.05, 4.69) is 0 Å². The van der Waals surface area contributed by atoms with Gasteiger partial charge in [-0.25, -0.2) is 17.6 Å². The number of hydrogen-bond donors (Lipinski definition) is 1. The van der Waals surface area contributed by atoms with Gasteiger partial charge in [0.25, 0.3) is 0 Å². The highest BCUT2D eigenvalue weighted by molar-refractivity contribution is 5.31. The van der Waals surface area contributed by atoms with Gasteiger partial charge in [-0.3, -0.25) is 0 Å². The summed E-state index contributed by atoms with van der Waals surface area (Å²) in [6.45, 7) is -1.18. The van der Waals surface area contributed by atoms with Gasteiger partial charge in [-0.1, -0.05) is 6.07 Å². The standard InChI is InChI=1S/C14H10F4O2/c15-10-2-1-3-11(16)9(10)7-20-14-12(17)4-8(6-19)5-13(14)18/h1-5,19H,6-7H2. The monoisotopic (exact) mass is 286 g/mol. The van der Waals surface area contributed by atoms with Crippen LogP contribution in [-0.2, 0) is 13.2 Å². The zero-order valence-corrected chi connectivity index (χ0v) is 10.2. The van der Waals surface area contributed by atoms with Crippen LogP contribution in [0.1, 0.15) is 11.1 Å². The molecular formula is C14H10F4O2. The second-order valence-electron chi connectivity index (χ2n) is 4.04. The SMILES string of the molecule is OCc1cc(F)c(OCc2c(F)cccc2F)c(F)c1. The van der Waals surface area contributed by atoms with Crippen LogP contribution in [0, 0.1) is 23.3 Å². The summed E-state index contributed by atoms with van der Waals surface area (Å²) in [6.07, 6.45) is 0. The van der Waals surface area contributed by atoms with Crippen LogP contribution in [0.4, 0.5) is 17.6 Å². The third-order valence-electron chi connectivity index (χ3n) is 2.66. The molecule has 2 nitrogen and oxygen atoms in total. The van der Waals surface area contributed by atoms with E-state index in [0.29, 0.717) is 0 Å². The second-order valence-corrected chi connectivity index (χ2v) is 4.04. The Kier molecular flexibility index (Phi) is 4.24. The molecule has 20 heavy (non-hydrogen) atoms. The summed E-state index contributed by atoms with van der Waals surface area (Å²) in [6, 6.07) is 4.98. The van der Waals surface area contributed by atoms with Crippen molar-refractivity contribution >= 4 is 0 Å². The molecule has 0 aliphatic carbocycles. The Morgan fingerprint density at radius 2 is 1.45 bits per heavy atom. The van der Waals surface area contributed by atoms with Gasteiger partial charge < -0.3 is 9.84 Å². The van der Waals surface area contributed by atoms with Crippen molar-refractivity contribution in [1.29, 1.82) is 0 Å². The predicted octanol–water partition coefficient (Wildman–Crippen LogP) is 3.31. The zero-order chi connectivity index (χ0) is 14.7. The summed E-state index contributed by atoms with van der Waals surface area (Å²) in [5, 5.41) is 8.78. The molecule has 0 saturated carbocycles. The lowest BCUT2D eigenvalue weighted by Gasteiger charge is -2.10. The molecule has 2 aromatic carbocycles. The molecule has 106 valence electrons. The molecular weight excluding hydrogens is 276 g/mol. The van der Waals surface area contributed by atoms with E-state index in [1.54, 1.807) is 0 Å². The molecule has 0 bridgehead atoms. The fourth-order valence-electron chi connectivity index (χ4n) is 1.66. The Labute approximate surface area is 112 Å². The molecule has 2 rings (SSSR count). The van der Waals surface area contributed by atoms with Gasteiger partial charge in [0.1, 0.15) is 18.2 Å². The summed E-state index contributed by atoms with van der Waals surface area (Å²) >= 11 is 0. The van der Waals surface area contributed by atoms with Crippen molar-refractivity contribution in [2.75, 3.05) is 0 Å². The van der Waals surface area contributed by atoms with E-state index in [1.807, 2.05) is 0 Å². The summed E-state index contributed by atoms with van der Waals surface area (Å²) in [5.41, 5.74) is -0.387. The molecule has 0 aliphatic rings. The van der Waals surface area contributed by atoms with Gasteiger partial charge in [-0.2, -0.15) is 0 Å². The molecule has 0 atom stereocenters. The maximum absolute atomic E-state index is 13.5. The first-order valence-corrected chi connectivity index (χ1v) is 5.67. The topological polar surface area (TPSA) is 29.5 Å². The molecule has 0 fully saturated rings. The third kappa shape index (κ3) is 2.91. The van der Waals surface area contributed by atoms with E-state index in [0.717, 1.165) is 24.3 Å². The van der Waals surface area contributed by atoms with Crippen LogP contribution in [0.15, 0.2) is 30.3 Å². The molecule has 6 heteroatoms. The first-order valence-electron chi connectivity index (χ1n) is 5.67. The fourth-order valence-corrected chi connectivity index (χ4v) is 1.66. The third-order valence-corrected chi connectivity index (χ3v) is 2.66. The molecule has 0 spiro atoms. The highest BCUT2D eigenvalue weighted by Gasteiger charge is 2.15. The van der Waals surface area contributed by atoms with E-state index >= 15 is 0 Å². The molecule has 0 radical (unpaired) electrons. The maximum Gasteiger partial charge on any atom is 0.191 e. The molecule has 0 heterocycles. The normalized spacial score (nSPS) is 10.7. The van der Waals surface area contributed by atoms with Gasteiger partial charge in [0.2, 0.25) is 0 Å². The first-order chi connectivity index (χ1) is 9.52. The van der Waals surface area contributed by atoms with Gasteiger partial charge in [-0.15, -0.1) is 0 Å². The average molecular weight is 286 g/mol. The Hall–Kier alpha value is -2.08. The lowest BCUT2D eigenvalue weighted by molar-refractivity contribution is 0.259. The van der Waals surface area contributed by atoms with Crippen LogP contribution in [0.25, 0.3) is 0 Å². The van der Waals surface area contributed by atoms with Crippen molar-refractivity contribution in [2.45, 2.75) is 13.2 Å². The number of rotatable bonds is 4. The molecule has 0 amide bonds. The van der Waals surface area contributed by atoms with E-state index in [4.69, 9.17) is 9.84 Å². The Balaban J connectivity index is 2.23. The largest absolute Gasteiger partial charge is 0.483 e. The van der Waals surface area contributed by atoms with Crippen molar-refractivity contribution in [3.05, 3.63) is 64.7 Å². The number of aliphatic hydroxyl groups is 1. The smallest absolute Gasteiger partial charge is 0.191 e. The van der Waals surface area contributed by atoms with Crippen molar-refractivity contribution in [1.82, 2.24) is 0 Å². The first kappa shape index (κ1) is 14.3. The maximum atomic E-state index is 13.5. The van der Waals surface area contributed by atoms with Gasteiger partial charge >= 0.3 is 0 Å². The Bertz CT molecular complexity index is 585. The summed E-state index contributed by atoms with van der Waals surface area (Å²) in [4.78, 5) is 0. The molecule has 1 N–H and O–H groups in total. The highest BCUT2D eigenvalue weighted by Crippen LogP contribution is 2.25. The Morgan fingerprint density at radius 3 is 1.95 bits per heavy atom. The minimum Gasteiger partial charge on any atom is -0.483 e. The number of benzene rings is 2. The predicted molar refractivity (Wildman–Crippen MR) is 63.0 cm³/mol. The zero-order valence-electron chi connectivity index (χ0n) is 10.2. The van der Waals surface area contributed by atoms with Crippen LogP contribution >= 0.6 is 0 Å². The number of aliphatic hydroxyl groups excluding tert-OH is 1. The van der Waals surface area contributed by atoms with E-state index < -0.39 is 47.8 Å². The quantitative estimate of drug-likeness (QED) is 0.874. The lowest BCUT2D eigenvalue weighted by Crippen LogP contribution is -2.05. The molecule has 0 aliphatic heterocycles. The molecule has 0 unspecified atom stereocenters. The average Bonchev–Trinajstić information content (AvgIpc) is 2.40. The van der Waals surface area contributed by atoms with Crippen molar-refractivity contribution in [3.8, 4) is 5.75 Å².